The highest BCUT2D eigenvalue weighted by Gasteiger charge is 2.38. The van der Waals surface area contributed by atoms with Crippen molar-refractivity contribution in [2.45, 2.75) is 31.1 Å². The largest absolute Gasteiger partial charge is 0.493 e. The number of alkyl halides is 3. The minimum absolute atomic E-state index is 0.0593. The van der Waals surface area contributed by atoms with E-state index in [0.29, 0.717) is 18.8 Å². The number of aliphatic carboxylic acids is 1. The summed E-state index contributed by atoms with van der Waals surface area (Å²) in [6.07, 6.45) is -4.26. The summed E-state index contributed by atoms with van der Waals surface area (Å²) in [5.41, 5.74) is 9.99. The van der Waals surface area contributed by atoms with Crippen LogP contribution >= 0.6 is 0 Å². The quantitative estimate of drug-likeness (QED) is 0.639. The summed E-state index contributed by atoms with van der Waals surface area (Å²) in [6.45, 7) is 3.33. The van der Waals surface area contributed by atoms with Crippen LogP contribution in [-0.2, 0) is 22.6 Å². The number of fused-ring (bicyclic) bond motifs is 1. The van der Waals surface area contributed by atoms with E-state index >= 15 is 0 Å². The summed E-state index contributed by atoms with van der Waals surface area (Å²) in [6, 6.07) is 14.4. The number of nitrogens with two attached hydrogens (primary N) is 1. The number of benzene rings is 2. The van der Waals surface area contributed by atoms with Gasteiger partial charge in [0.05, 0.1) is 20.8 Å². The second kappa shape index (κ2) is 11.6. The number of likely N-dealkylation sites (tertiary alicyclic amines) is 1. The first-order valence-corrected chi connectivity index (χ1v) is 11.4. The highest BCUT2D eigenvalue weighted by molar-refractivity contribution is 5.78. The van der Waals surface area contributed by atoms with E-state index in [0.717, 1.165) is 37.4 Å². The Morgan fingerprint density at radius 3 is 2.19 bits per heavy atom. The molecule has 0 aromatic heterocycles. The first-order valence-electron chi connectivity index (χ1n) is 11.4. The summed E-state index contributed by atoms with van der Waals surface area (Å²) in [5.74, 6) is -0.873. The smallest absolute Gasteiger partial charge is 0.490 e. The molecule has 0 spiro atoms. The van der Waals surface area contributed by atoms with Gasteiger partial charge in [0, 0.05) is 38.1 Å². The van der Waals surface area contributed by atoms with E-state index in [1.54, 1.807) is 14.2 Å². The number of carboxylic acids is 1. The summed E-state index contributed by atoms with van der Waals surface area (Å²) in [5, 5.41) is 7.12. The third kappa shape index (κ3) is 6.67. The molecular formula is C25H30F3N3O5. The lowest BCUT2D eigenvalue weighted by Gasteiger charge is -2.31. The first-order chi connectivity index (χ1) is 17.0. The molecule has 196 valence electrons. The van der Waals surface area contributed by atoms with Crippen LogP contribution in [0.25, 0.3) is 0 Å². The van der Waals surface area contributed by atoms with Crippen molar-refractivity contribution in [3.63, 3.8) is 0 Å². The van der Waals surface area contributed by atoms with Crippen LogP contribution in [-0.4, -0.2) is 79.4 Å². The van der Waals surface area contributed by atoms with Gasteiger partial charge in [-0.2, -0.15) is 13.2 Å². The molecule has 2 aliphatic rings. The fourth-order valence-electron chi connectivity index (χ4n) is 4.48. The Morgan fingerprint density at radius 2 is 1.64 bits per heavy atom. The number of carbonyl (C=O) groups excluding carboxylic acids is 1. The molecule has 2 aromatic rings. The summed E-state index contributed by atoms with van der Waals surface area (Å²) >= 11 is 0. The molecule has 0 aliphatic carbocycles. The molecule has 1 amide bonds. The molecule has 2 aromatic carbocycles. The van der Waals surface area contributed by atoms with Crippen LogP contribution in [0, 0.1) is 0 Å². The van der Waals surface area contributed by atoms with Crippen LogP contribution in [0.3, 0.4) is 0 Å². The van der Waals surface area contributed by atoms with Crippen molar-refractivity contribution >= 4 is 11.9 Å². The maximum absolute atomic E-state index is 13.0. The number of rotatable bonds is 5. The zero-order chi connectivity index (χ0) is 26.5. The van der Waals surface area contributed by atoms with Crippen molar-refractivity contribution in [2.24, 2.45) is 5.73 Å². The zero-order valence-corrected chi connectivity index (χ0v) is 20.1. The van der Waals surface area contributed by atoms with Crippen LogP contribution < -0.4 is 15.2 Å². The maximum Gasteiger partial charge on any atom is 0.490 e. The van der Waals surface area contributed by atoms with Gasteiger partial charge in [-0.05, 0) is 35.2 Å². The van der Waals surface area contributed by atoms with Crippen LogP contribution in [0.1, 0.15) is 22.6 Å². The van der Waals surface area contributed by atoms with Crippen LogP contribution in [0.4, 0.5) is 13.2 Å². The second-order valence-electron chi connectivity index (χ2n) is 8.72. The average molecular weight is 510 g/mol. The Balaban J connectivity index is 0.000000454. The molecule has 3 N–H and O–H groups in total. The minimum Gasteiger partial charge on any atom is -0.493 e. The Bertz CT molecular complexity index is 1060. The third-order valence-electron chi connectivity index (χ3n) is 6.34. The Hall–Kier alpha value is -3.31. The maximum atomic E-state index is 13.0. The fraction of sp³-hybridized carbons (Fsp3) is 0.440. The highest BCUT2D eigenvalue weighted by atomic mass is 19.4. The van der Waals surface area contributed by atoms with Crippen LogP contribution in [0.15, 0.2) is 42.5 Å². The van der Waals surface area contributed by atoms with E-state index < -0.39 is 12.1 Å². The number of hydrogen-bond donors (Lipinski definition) is 2. The third-order valence-corrected chi connectivity index (χ3v) is 6.34. The molecule has 8 nitrogen and oxygen atoms in total. The van der Waals surface area contributed by atoms with Gasteiger partial charge in [0.1, 0.15) is 0 Å². The Morgan fingerprint density at radius 1 is 1.06 bits per heavy atom. The normalized spacial score (nSPS) is 19.7. The minimum atomic E-state index is -5.08. The van der Waals surface area contributed by atoms with Gasteiger partial charge in [0.15, 0.2) is 11.5 Å². The molecule has 1 fully saturated rings. The molecule has 36 heavy (non-hydrogen) atoms. The van der Waals surface area contributed by atoms with Crippen LogP contribution in [0.2, 0.25) is 0 Å². The second-order valence-corrected chi connectivity index (χ2v) is 8.72. The standard InChI is InChI=1S/C23H29N3O3.C2HF3O2/c1-28-21-10-17-8-9-26(12-18(17)11-22(21)29-2)23(27)15-25-13-19(20(24)14-25)16-6-4-3-5-7-16;3-2(4,5)1(6)7/h3-7,10-11,19-20H,8-9,12-15,24H2,1-2H3;(H,6,7)/t19-,20+;/m0./s1. The molecule has 4 rings (SSSR count). The molecule has 2 heterocycles. The summed E-state index contributed by atoms with van der Waals surface area (Å²) in [4.78, 5) is 26.0. The van der Waals surface area contributed by atoms with Crippen molar-refractivity contribution < 1.29 is 37.3 Å². The summed E-state index contributed by atoms with van der Waals surface area (Å²) < 4.78 is 42.6. The van der Waals surface area contributed by atoms with Gasteiger partial charge in [-0.1, -0.05) is 30.3 Å². The first kappa shape index (κ1) is 27.3. The molecule has 0 unspecified atom stereocenters. The van der Waals surface area contributed by atoms with Gasteiger partial charge < -0.3 is 25.2 Å². The number of nitrogens with zero attached hydrogens (tertiary/aromatic N) is 2. The molecule has 0 radical (unpaired) electrons. The molecule has 1 saturated heterocycles. The Kier molecular flexibility index (Phi) is 8.80. The SMILES string of the molecule is COc1cc2c(cc1OC)CN(C(=O)CN1C[C@@H](N)[C@H](c3ccccc3)C1)CC2.O=C(O)C(F)(F)F. The monoisotopic (exact) mass is 509 g/mol. The summed E-state index contributed by atoms with van der Waals surface area (Å²) in [7, 11) is 3.28. The van der Waals surface area contributed by atoms with E-state index in [-0.39, 0.29) is 17.9 Å². The van der Waals surface area contributed by atoms with Gasteiger partial charge in [-0.3, -0.25) is 9.69 Å². The number of hydrogen-bond acceptors (Lipinski definition) is 6. The predicted molar refractivity (Wildman–Crippen MR) is 126 cm³/mol. The average Bonchev–Trinajstić information content (AvgIpc) is 3.22. The number of halogens is 3. The van der Waals surface area contributed by atoms with Crippen molar-refractivity contribution in [1.29, 1.82) is 0 Å². The van der Waals surface area contributed by atoms with Gasteiger partial charge in [0.2, 0.25) is 5.91 Å². The lowest BCUT2D eigenvalue weighted by Crippen LogP contribution is -2.42. The topological polar surface area (TPSA) is 105 Å². The molecular weight excluding hydrogens is 479 g/mol. The van der Waals surface area contributed by atoms with Crippen molar-refractivity contribution in [2.75, 3.05) is 40.4 Å². The molecule has 2 atom stereocenters. The van der Waals surface area contributed by atoms with Gasteiger partial charge in [-0.15, -0.1) is 0 Å². The highest BCUT2D eigenvalue weighted by Crippen LogP contribution is 2.33. The van der Waals surface area contributed by atoms with E-state index in [1.807, 2.05) is 35.2 Å². The predicted octanol–water partition coefficient (Wildman–Crippen LogP) is 2.65. The van der Waals surface area contributed by atoms with Gasteiger partial charge in [-0.25, -0.2) is 4.79 Å². The van der Waals surface area contributed by atoms with Gasteiger partial charge in [0.25, 0.3) is 0 Å². The molecule has 0 saturated carbocycles. The van der Waals surface area contributed by atoms with Gasteiger partial charge >= 0.3 is 12.1 Å². The van der Waals surface area contributed by atoms with E-state index in [2.05, 4.69) is 17.0 Å². The molecule has 0 bridgehead atoms. The zero-order valence-electron chi connectivity index (χ0n) is 20.1. The molecule has 11 heteroatoms. The number of ether oxygens (including phenoxy) is 2. The molecule has 2 aliphatic heterocycles. The lowest BCUT2D eigenvalue weighted by molar-refractivity contribution is -0.192. The fourth-order valence-corrected chi connectivity index (χ4v) is 4.48. The number of carbonyl (C=O) groups is 2. The lowest BCUT2D eigenvalue weighted by atomic mass is 9.95. The van der Waals surface area contributed by atoms with E-state index in [4.69, 9.17) is 25.1 Å². The number of methoxy groups -OCH3 is 2. The number of carboxylic acid groups (broad SMARTS) is 1. The van der Waals surface area contributed by atoms with Crippen molar-refractivity contribution in [3.8, 4) is 11.5 Å². The van der Waals surface area contributed by atoms with Crippen LogP contribution in [0.5, 0.6) is 11.5 Å². The Labute approximate surface area is 207 Å². The van der Waals surface area contributed by atoms with Crippen molar-refractivity contribution in [3.05, 3.63) is 59.2 Å². The number of amides is 1. The van der Waals surface area contributed by atoms with Crippen molar-refractivity contribution in [1.82, 2.24) is 9.80 Å². The van der Waals surface area contributed by atoms with E-state index in [9.17, 15) is 18.0 Å². The van der Waals surface area contributed by atoms with E-state index in [1.165, 1.54) is 11.1 Å².